The molecule has 35 heavy (non-hydrogen) atoms. The van der Waals surface area contributed by atoms with Crippen LogP contribution < -0.4 is 10.6 Å². The van der Waals surface area contributed by atoms with Gasteiger partial charge in [0.1, 0.15) is 6.04 Å². The van der Waals surface area contributed by atoms with E-state index in [9.17, 15) is 14.4 Å². The fourth-order valence-corrected chi connectivity index (χ4v) is 4.88. The smallest absolute Gasteiger partial charge is 0.243 e. The second kappa shape index (κ2) is 11.5. The van der Waals surface area contributed by atoms with Crippen LogP contribution in [0.3, 0.4) is 0 Å². The molecule has 4 rings (SSSR count). The molecule has 8 heteroatoms. The van der Waals surface area contributed by atoms with Gasteiger partial charge in [0.25, 0.3) is 0 Å². The molecule has 3 amide bonds. The summed E-state index contributed by atoms with van der Waals surface area (Å²) in [4.78, 5) is 44.7. The summed E-state index contributed by atoms with van der Waals surface area (Å²) in [6.45, 7) is 9.33. The highest BCUT2D eigenvalue weighted by Crippen LogP contribution is 2.17. The van der Waals surface area contributed by atoms with Crippen molar-refractivity contribution >= 4 is 23.4 Å². The number of rotatable bonds is 7. The van der Waals surface area contributed by atoms with Crippen molar-refractivity contribution in [3.05, 3.63) is 65.2 Å². The standard InChI is InChI=1S/C27H35N5O3/c1-20-14-21(2)16-23(15-20)29-25(33)17-24-27(35)28-8-9-32(24)26(34)19-31-12-10-30(11-13-31)18-22-6-4-3-5-7-22/h3-7,14-16,24H,8-13,17-19H2,1-2H3,(H,28,35)(H,29,33). The van der Waals surface area contributed by atoms with Crippen molar-refractivity contribution in [1.29, 1.82) is 0 Å². The Hall–Kier alpha value is -3.23. The normalized spacial score (nSPS) is 19.3. The van der Waals surface area contributed by atoms with Gasteiger partial charge in [-0.2, -0.15) is 0 Å². The number of nitrogens with one attached hydrogen (secondary N) is 2. The summed E-state index contributed by atoms with van der Waals surface area (Å²) in [6.07, 6.45) is -0.0601. The lowest BCUT2D eigenvalue weighted by Crippen LogP contribution is -2.60. The molecule has 1 unspecified atom stereocenters. The van der Waals surface area contributed by atoms with Crippen LogP contribution in [0.15, 0.2) is 48.5 Å². The van der Waals surface area contributed by atoms with E-state index in [1.807, 2.05) is 38.1 Å². The third kappa shape index (κ3) is 6.90. The second-order valence-corrected chi connectivity index (χ2v) is 9.56. The number of hydrogen-bond donors (Lipinski definition) is 2. The third-order valence-corrected chi connectivity index (χ3v) is 6.61. The summed E-state index contributed by atoms with van der Waals surface area (Å²) in [5.74, 6) is -0.641. The van der Waals surface area contributed by atoms with E-state index in [2.05, 4.69) is 44.7 Å². The highest BCUT2D eigenvalue weighted by Gasteiger charge is 2.35. The molecule has 0 aliphatic carbocycles. The average molecular weight is 478 g/mol. The van der Waals surface area contributed by atoms with Crippen molar-refractivity contribution in [2.75, 3.05) is 51.1 Å². The van der Waals surface area contributed by atoms with Crippen LogP contribution in [0.1, 0.15) is 23.1 Å². The van der Waals surface area contributed by atoms with Crippen molar-refractivity contribution < 1.29 is 14.4 Å². The monoisotopic (exact) mass is 477 g/mol. The Morgan fingerprint density at radius 3 is 2.29 bits per heavy atom. The summed E-state index contributed by atoms with van der Waals surface area (Å²) < 4.78 is 0. The van der Waals surface area contributed by atoms with E-state index >= 15 is 0 Å². The molecule has 2 aliphatic rings. The van der Waals surface area contributed by atoms with Crippen molar-refractivity contribution in [3.63, 3.8) is 0 Å². The first-order valence-electron chi connectivity index (χ1n) is 12.3. The van der Waals surface area contributed by atoms with Gasteiger partial charge in [-0.3, -0.25) is 24.2 Å². The predicted molar refractivity (Wildman–Crippen MR) is 136 cm³/mol. The summed E-state index contributed by atoms with van der Waals surface area (Å²) in [5, 5.41) is 5.69. The molecule has 2 heterocycles. The van der Waals surface area contributed by atoms with Gasteiger partial charge < -0.3 is 15.5 Å². The Balaban J connectivity index is 1.30. The molecule has 2 aliphatic heterocycles. The minimum absolute atomic E-state index is 0.0601. The topological polar surface area (TPSA) is 85.0 Å². The van der Waals surface area contributed by atoms with Crippen LogP contribution in [0, 0.1) is 13.8 Å². The fraction of sp³-hybridized carbons (Fsp3) is 0.444. The van der Waals surface area contributed by atoms with Gasteiger partial charge in [0.05, 0.1) is 13.0 Å². The van der Waals surface area contributed by atoms with E-state index in [0.29, 0.717) is 18.8 Å². The number of amides is 3. The highest BCUT2D eigenvalue weighted by molar-refractivity contribution is 5.97. The predicted octanol–water partition coefficient (Wildman–Crippen LogP) is 1.78. The van der Waals surface area contributed by atoms with Crippen molar-refractivity contribution in [1.82, 2.24) is 20.0 Å². The van der Waals surface area contributed by atoms with Crippen molar-refractivity contribution in [3.8, 4) is 0 Å². The zero-order chi connectivity index (χ0) is 24.8. The number of piperazine rings is 2. The lowest BCUT2D eigenvalue weighted by atomic mass is 10.1. The fourth-order valence-electron chi connectivity index (χ4n) is 4.88. The number of carbonyl (C=O) groups is 3. The number of anilines is 1. The zero-order valence-electron chi connectivity index (χ0n) is 20.6. The van der Waals surface area contributed by atoms with Gasteiger partial charge in [-0.1, -0.05) is 36.4 Å². The van der Waals surface area contributed by atoms with Gasteiger partial charge in [0, 0.05) is 51.5 Å². The Morgan fingerprint density at radius 2 is 1.60 bits per heavy atom. The molecule has 0 bridgehead atoms. The van der Waals surface area contributed by atoms with Crippen LogP contribution >= 0.6 is 0 Å². The van der Waals surface area contributed by atoms with Gasteiger partial charge in [0.2, 0.25) is 17.7 Å². The first kappa shape index (κ1) is 24.9. The van der Waals surface area contributed by atoms with E-state index in [-0.39, 0.29) is 30.7 Å². The Kier molecular flexibility index (Phi) is 8.15. The average Bonchev–Trinajstić information content (AvgIpc) is 2.81. The maximum Gasteiger partial charge on any atom is 0.243 e. The Labute approximate surface area is 207 Å². The molecule has 2 fully saturated rings. The van der Waals surface area contributed by atoms with Gasteiger partial charge in [0.15, 0.2) is 0 Å². The lowest BCUT2D eigenvalue weighted by molar-refractivity contribution is -0.145. The summed E-state index contributed by atoms with van der Waals surface area (Å²) >= 11 is 0. The van der Waals surface area contributed by atoms with Gasteiger partial charge in [-0.05, 0) is 42.7 Å². The zero-order valence-corrected chi connectivity index (χ0v) is 20.6. The largest absolute Gasteiger partial charge is 0.353 e. The molecule has 186 valence electrons. The molecule has 2 aromatic carbocycles. The minimum Gasteiger partial charge on any atom is -0.353 e. The first-order chi connectivity index (χ1) is 16.9. The maximum atomic E-state index is 13.2. The third-order valence-electron chi connectivity index (χ3n) is 6.61. The number of carbonyl (C=O) groups excluding carboxylic acids is 3. The number of benzene rings is 2. The van der Waals surface area contributed by atoms with E-state index in [1.54, 1.807) is 4.90 Å². The van der Waals surface area contributed by atoms with E-state index in [1.165, 1.54) is 5.56 Å². The molecular weight excluding hydrogens is 442 g/mol. The lowest BCUT2D eigenvalue weighted by Gasteiger charge is -2.38. The second-order valence-electron chi connectivity index (χ2n) is 9.56. The van der Waals surface area contributed by atoms with Crippen LogP contribution in [0.4, 0.5) is 5.69 Å². The van der Waals surface area contributed by atoms with Crippen LogP contribution in [-0.2, 0) is 20.9 Å². The molecule has 1 atom stereocenters. The van der Waals surface area contributed by atoms with Crippen molar-refractivity contribution in [2.45, 2.75) is 32.9 Å². The van der Waals surface area contributed by atoms with Crippen molar-refractivity contribution in [2.24, 2.45) is 0 Å². The molecule has 0 spiro atoms. The van der Waals surface area contributed by atoms with E-state index < -0.39 is 6.04 Å². The summed E-state index contributed by atoms with van der Waals surface area (Å²) in [7, 11) is 0. The number of hydrogen-bond acceptors (Lipinski definition) is 5. The summed E-state index contributed by atoms with van der Waals surface area (Å²) in [6, 6.07) is 15.4. The summed E-state index contributed by atoms with van der Waals surface area (Å²) in [5.41, 5.74) is 4.10. The highest BCUT2D eigenvalue weighted by atomic mass is 16.2. The van der Waals surface area contributed by atoms with Crippen LogP contribution in [0.5, 0.6) is 0 Å². The molecule has 0 radical (unpaired) electrons. The van der Waals surface area contributed by atoms with Crippen LogP contribution in [0.2, 0.25) is 0 Å². The molecule has 8 nitrogen and oxygen atoms in total. The first-order valence-corrected chi connectivity index (χ1v) is 12.3. The number of nitrogens with zero attached hydrogens (tertiary/aromatic N) is 3. The maximum absolute atomic E-state index is 13.2. The molecule has 0 aromatic heterocycles. The molecule has 0 saturated carbocycles. The number of aryl methyl sites for hydroxylation is 2. The SMILES string of the molecule is Cc1cc(C)cc(NC(=O)CC2C(=O)NCCN2C(=O)CN2CCN(Cc3ccccc3)CC2)c1. The quantitative estimate of drug-likeness (QED) is 0.635. The Bertz CT molecular complexity index is 1030. The molecular formula is C27H35N5O3. The molecule has 2 aromatic rings. The van der Waals surface area contributed by atoms with Gasteiger partial charge in [-0.25, -0.2) is 0 Å². The van der Waals surface area contributed by atoms with E-state index in [4.69, 9.17) is 0 Å². The minimum atomic E-state index is -0.790. The van der Waals surface area contributed by atoms with E-state index in [0.717, 1.165) is 43.9 Å². The van der Waals surface area contributed by atoms with Gasteiger partial charge in [-0.15, -0.1) is 0 Å². The molecule has 2 N–H and O–H groups in total. The van der Waals surface area contributed by atoms with Gasteiger partial charge >= 0.3 is 0 Å². The molecule has 2 saturated heterocycles. The van der Waals surface area contributed by atoms with Crippen LogP contribution in [0.25, 0.3) is 0 Å². The van der Waals surface area contributed by atoms with Crippen LogP contribution in [-0.4, -0.2) is 84.3 Å². The Morgan fingerprint density at radius 1 is 0.943 bits per heavy atom.